The summed E-state index contributed by atoms with van der Waals surface area (Å²) in [7, 11) is 1.65. The van der Waals surface area contributed by atoms with Gasteiger partial charge in [-0.05, 0) is 42.5 Å². The molecule has 2 fully saturated rings. The van der Waals surface area contributed by atoms with Gasteiger partial charge >= 0.3 is 0 Å². The molecule has 1 N–H and O–H groups in total. The predicted molar refractivity (Wildman–Crippen MR) is 100 cm³/mol. The molecule has 1 atom stereocenters. The van der Waals surface area contributed by atoms with Crippen molar-refractivity contribution >= 4 is 5.91 Å². The summed E-state index contributed by atoms with van der Waals surface area (Å²) in [6.07, 6.45) is 2.56. The van der Waals surface area contributed by atoms with Crippen LogP contribution in [-0.4, -0.2) is 42.7 Å². The number of carbonyl (C=O) groups excluding carboxylic acids is 1. The second-order valence-electron chi connectivity index (χ2n) is 7.60. The van der Waals surface area contributed by atoms with E-state index in [1.54, 1.807) is 7.11 Å². The summed E-state index contributed by atoms with van der Waals surface area (Å²) < 4.78 is 5.33. The number of carbonyl (C=O) groups is 1. The van der Waals surface area contributed by atoms with Crippen molar-refractivity contribution < 1.29 is 14.6 Å². The van der Waals surface area contributed by atoms with Crippen molar-refractivity contribution in [2.75, 3.05) is 26.8 Å². The fourth-order valence-electron chi connectivity index (χ4n) is 4.27. The van der Waals surface area contributed by atoms with E-state index in [4.69, 9.17) is 4.74 Å². The number of aliphatic hydroxyl groups is 1. The smallest absolute Gasteiger partial charge is 0.233 e. The molecule has 1 aliphatic carbocycles. The van der Waals surface area contributed by atoms with Gasteiger partial charge in [-0.2, -0.15) is 0 Å². The van der Waals surface area contributed by atoms with Crippen molar-refractivity contribution in [3.05, 3.63) is 65.7 Å². The lowest BCUT2D eigenvalue weighted by atomic mass is 9.80. The molecule has 0 spiro atoms. The van der Waals surface area contributed by atoms with Gasteiger partial charge in [0.15, 0.2) is 0 Å². The Morgan fingerprint density at radius 2 is 1.81 bits per heavy atom. The van der Waals surface area contributed by atoms with E-state index in [2.05, 4.69) is 12.1 Å². The Bertz CT molecular complexity index is 800. The van der Waals surface area contributed by atoms with Gasteiger partial charge in [0.2, 0.25) is 5.91 Å². The molecule has 26 heavy (non-hydrogen) atoms. The number of benzene rings is 2. The molecule has 1 saturated carbocycles. The van der Waals surface area contributed by atoms with Crippen LogP contribution in [0.3, 0.4) is 0 Å². The van der Waals surface area contributed by atoms with Crippen LogP contribution in [0.2, 0.25) is 0 Å². The van der Waals surface area contributed by atoms with Gasteiger partial charge in [-0.15, -0.1) is 0 Å². The molecule has 0 aromatic heterocycles. The van der Waals surface area contributed by atoms with Crippen molar-refractivity contribution in [2.24, 2.45) is 0 Å². The highest BCUT2D eigenvalue weighted by Gasteiger charge is 2.55. The maximum Gasteiger partial charge on any atom is 0.233 e. The first-order valence-electron chi connectivity index (χ1n) is 9.24. The summed E-state index contributed by atoms with van der Waals surface area (Å²) in [5.41, 5.74) is 1.41. The SMILES string of the molecule is COc1cccc(C2(C(=O)N3CCC(CO)(c4ccccc4)C3)CC2)c1. The second-order valence-corrected chi connectivity index (χ2v) is 7.60. The van der Waals surface area contributed by atoms with Crippen molar-refractivity contribution in [1.82, 2.24) is 4.90 Å². The molecule has 4 heteroatoms. The minimum Gasteiger partial charge on any atom is -0.497 e. The zero-order valence-corrected chi connectivity index (χ0v) is 15.1. The molecule has 1 aliphatic heterocycles. The average Bonchev–Trinajstić information content (AvgIpc) is 3.41. The molecule has 2 aliphatic rings. The largest absolute Gasteiger partial charge is 0.497 e. The number of hydrogen-bond donors (Lipinski definition) is 1. The molecule has 1 saturated heterocycles. The molecule has 2 aromatic rings. The average molecular weight is 351 g/mol. The first kappa shape index (κ1) is 17.1. The minimum absolute atomic E-state index is 0.0625. The topological polar surface area (TPSA) is 49.8 Å². The van der Waals surface area contributed by atoms with Gasteiger partial charge in [0.25, 0.3) is 0 Å². The fourth-order valence-corrected chi connectivity index (χ4v) is 4.27. The third kappa shape index (κ3) is 2.69. The number of hydrogen-bond acceptors (Lipinski definition) is 3. The van der Waals surface area contributed by atoms with Crippen molar-refractivity contribution in [3.8, 4) is 5.75 Å². The molecule has 4 rings (SSSR count). The standard InChI is InChI=1S/C22H25NO3/c1-26-19-9-5-8-18(14-19)22(10-11-22)20(25)23-13-12-21(15-23,16-24)17-6-3-2-4-7-17/h2-9,14,24H,10-13,15-16H2,1H3. The van der Waals surface area contributed by atoms with Crippen LogP contribution in [0.15, 0.2) is 54.6 Å². The second kappa shape index (κ2) is 6.44. The van der Waals surface area contributed by atoms with Crippen LogP contribution < -0.4 is 4.74 Å². The van der Waals surface area contributed by atoms with Crippen molar-refractivity contribution in [3.63, 3.8) is 0 Å². The van der Waals surface area contributed by atoms with E-state index in [1.165, 1.54) is 0 Å². The molecule has 1 heterocycles. The number of aliphatic hydroxyl groups excluding tert-OH is 1. The van der Waals surface area contributed by atoms with Crippen LogP contribution >= 0.6 is 0 Å². The van der Waals surface area contributed by atoms with Gasteiger partial charge < -0.3 is 14.7 Å². The van der Waals surface area contributed by atoms with Crippen molar-refractivity contribution in [2.45, 2.75) is 30.1 Å². The summed E-state index contributed by atoms with van der Waals surface area (Å²) in [5.74, 6) is 0.981. The molecule has 0 radical (unpaired) electrons. The summed E-state index contributed by atoms with van der Waals surface area (Å²) in [6.45, 7) is 1.34. The molecule has 0 bridgehead atoms. The molecule has 2 aromatic carbocycles. The Kier molecular flexibility index (Phi) is 4.23. The maximum atomic E-state index is 13.4. The van der Waals surface area contributed by atoms with Gasteiger partial charge in [0, 0.05) is 18.5 Å². The van der Waals surface area contributed by atoms with E-state index in [1.807, 2.05) is 47.4 Å². The Balaban J connectivity index is 1.58. The maximum absolute atomic E-state index is 13.4. The Labute approximate surface area is 154 Å². The van der Waals surface area contributed by atoms with E-state index in [-0.39, 0.29) is 17.9 Å². The lowest BCUT2D eigenvalue weighted by molar-refractivity contribution is -0.133. The third-order valence-corrected chi connectivity index (χ3v) is 6.11. The summed E-state index contributed by atoms with van der Waals surface area (Å²) in [6, 6.07) is 18.0. The normalized spacial score (nSPS) is 23.7. The van der Waals surface area contributed by atoms with Crippen molar-refractivity contribution in [1.29, 1.82) is 0 Å². The lowest BCUT2D eigenvalue weighted by Gasteiger charge is -2.29. The number of rotatable bonds is 5. The molecular weight excluding hydrogens is 326 g/mol. The highest BCUT2D eigenvalue weighted by atomic mass is 16.5. The highest BCUT2D eigenvalue weighted by Crippen LogP contribution is 2.51. The zero-order chi connectivity index (χ0) is 18.2. The van der Waals surface area contributed by atoms with Crippen LogP contribution in [0.25, 0.3) is 0 Å². The molecule has 1 unspecified atom stereocenters. The number of amides is 1. The number of likely N-dealkylation sites (tertiary alicyclic amines) is 1. The Morgan fingerprint density at radius 3 is 2.46 bits per heavy atom. The first-order chi connectivity index (χ1) is 12.6. The molecule has 1 amide bonds. The summed E-state index contributed by atoms with van der Waals surface area (Å²) in [4.78, 5) is 15.3. The van der Waals surface area contributed by atoms with Crippen LogP contribution in [0.4, 0.5) is 0 Å². The number of methoxy groups -OCH3 is 1. The van der Waals surface area contributed by atoms with E-state index in [0.29, 0.717) is 13.1 Å². The Hall–Kier alpha value is -2.33. The third-order valence-electron chi connectivity index (χ3n) is 6.11. The fraction of sp³-hybridized carbons (Fsp3) is 0.409. The monoisotopic (exact) mass is 351 g/mol. The van der Waals surface area contributed by atoms with Gasteiger partial charge in [-0.1, -0.05) is 42.5 Å². The van der Waals surface area contributed by atoms with Gasteiger partial charge in [0.05, 0.1) is 19.1 Å². The quantitative estimate of drug-likeness (QED) is 0.901. The predicted octanol–water partition coefficient (Wildman–Crippen LogP) is 2.89. The van der Waals surface area contributed by atoms with E-state index in [0.717, 1.165) is 36.1 Å². The minimum atomic E-state index is -0.406. The van der Waals surface area contributed by atoms with Crippen LogP contribution in [0, 0.1) is 0 Å². The first-order valence-corrected chi connectivity index (χ1v) is 9.24. The van der Waals surface area contributed by atoms with E-state index in [9.17, 15) is 9.90 Å². The van der Waals surface area contributed by atoms with Gasteiger partial charge in [0.1, 0.15) is 5.75 Å². The van der Waals surface area contributed by atoms with Crippen LogP contribution in [-0.2, 0) is 15.6 Å². The lowest BCUT2D eigenvalue weighted by Crippen LogP contribution is -2.41. The summed E-state index contributed by atoms with van der Waals surface area (Å²) >= 11 is 0. The molecule has 4 nitrogen and oxygen atoms in total. The number of nitrogens with zero attached hydrogens (tertiary/aromatic N) is 1. The van der Waals surface area contributed by atoms with E-state index >= 15 is 0 Å². The highest BCUT2D eigenvalue weighted by molar-refractivity contribution is 5.91. The van der Waals surface area contributed by atoms with Crippen LogP contribution in [0.1, 0.15) is 30.4 Å². The molecule has 136 valence electrons. The van der Waals surface area contributed by atoms with Gasteiger partial charge in [-0.25, -0.2) is 0 Å². The van der Waals surface area contributed by atoms with E-state index < -0.39 is 5.41 Å². The van der Waals surface area contributed by atoms with Crippen LogP contribution in [0.5, 0.6) is 5.75 Å². The molecular formula is C22H25NO3. The number of ether oxygens (including phenoxy) is 1. The van der Waals surface area contributed by atoms with Gasteiger partial charge in [-0.3, -0.25) is 4.79 Å². The Morgan fingerprint density at radius 1 is 1.08 bits per heavy atom. The summed E-state index contributed by atoms with van der Waals surface area (Å²) in [5, 5.41) is 10.1. The zero-order valence-electron chi connectivity index (χ0n) is 15.1.